The Balaban J connectivity index is 2.91. The quantitative estimate of drug-likeness (QED) is 0.554. The van der Waals surface area contributed by atoms with Gasteiger partial charge in [0.2, 0.25) is 0 Å². The number of alkyl halides is 1. The average Bonchev–Trinajstić information content (AvgIpc) is 1.85. The van der Waals surface area contributed by atoms with Gasteiger partial charge in [-0.1, -0.05) is 31.5 Å². The average molecular weight is 191 g/mol. The Morgan fingerprint density at radius 2 is 2.18 bits per heavy atom. The highest BCUT2D eigenvalue weighted by Crippen LogP contribution is 2.31. The number of hydrogen-bond acceptors (Lipinski definition) is 0. The third-order valence-electron chi connectivity index (χ3n) is 1.84. The van der Waals surface area contributed by atoms with Gasteiger partial charge in [0.05, 0.1) is 5.38 Å². The first-order valence-electron chi connectivity index (χ1n) is 3.83. The molecule has 1 rings (SSSR count). The third-order valence-corrected chi connectivity index (χ3v) is 2.60. The summed E-state index contributed by atoms with van der Waals surface area (Å²) in [7, 11) is 0. The van der Waals surface area contributed by atoms with Crippen LogP contribution in [0.2, 0.25) is 0 Å². The van der Waals surface area contributed by atoms with Crippen LogP contribution in [0.3, 0.4) is 0 Å². The Bertz CT molecular complexity index is 202. The van der Waals surface area contributed by atoms with E-state index in [2.05, 4.69) is 13.8 Å². The van der Waals surface area contributed by atoms with Crippen molar-refractivity contribution < 1.29 is 0 Å². The highest BCUT2D eigenvalue weighted by atomic mass is 35.5. The Hall–Kier alpha value is 0.0600. The topological polar surface area (TPSA) is 0 Å². The standard InChI is InChI=1S/C9H12Cl2/c1-6(2)9-7(10)4-3-5-8(9)11/h3-4,6,8H,5H2,1-2H3. The molecule has 2 heteroatoms. The van der Waals surface area contributed by atoms with Crippen LogP contribution >= 0.6 is 23.2 Å². The number of allylic oxidation sites excluding steroid dienone is 4. The van der Waals surface area contributed by atoms with Crippen molar-refractivity contribution in [1.82, 2.24) is 0 Å². The zero-order chi connectivity index (χ0) is 8.43. The van der Waals surface area contributed by atoms with Crippen LogP contribution in [0, 0.1) is 5.92 Å². The van der Waals surface area contributed by atoms with E-state index in [1.54, 1.807) is 0 Å². The van der Waals surface area contributed by atoms with Crippen molar-refractivity contribution in [1.29, 1.82) is 0 Å². The molecule has 0 radical (unpaired) electrons. The molecule has 62 valence electrons. The summed E-state index contributed by atoms with van der Waals surface area (Å²) in [5.74, 6) is 0.454. The Labute approximate surface area is 77.9 Å². The largest absolute Gasteiger partial charge is 0.118 e. The van der Waals surface area contributed by atoms with E-state index in [0.717, 1.165) is 11.5 Å². The third kappa shape index (κ3) is 2.00. The molecule has 0 aromatic carbocycles. The molecule has 0 aromatic heterocycles. The summed E-state index contributed by atoms with van der Waals surface area (Å²) in [5, 5.41) is 0.929. The van der Waals surface area contributed by atoms with Crippen LogP contribution in [0.15, 0.2) is 22.8 Å². The van der Waals surface area contributed by atoms with Crippen LogP contribution in [0.4, 0.5) is 0 Å². The summed E-state index contributed by atoms with van der Waals surface area (Å²) < 4.78 is 0. The smallest absolute Gasteiger partial charge is 0.0599 e. The fourth-order valence-corrected chi connectivity index (χ4v) is 2.27. The second-order valence-electron chi connectivity index (χ2n) is 3.06. The van der Waals surface area contributed by atoms with Crippen molar-refractivity contribution in [2.24, 2.45) is 5.92 Å². The SMILES string of the molecule is CC(C)C1=C(Cl)C=CCC1Cl. The molecule has 11 heavy (non-hydrogen) atoms. The van der Waals surface area contributed by atoms with E-state index >= 15 is 0 Å². The van der Waals surface area contributed by atoms with E-state index < -0.39 is 0 Å². The molecule has 0 aliphatic heterocycles. The van der Waals surface area contributed by atoms with Gasteiger partial charge in [-0.3, -0.25) is 0 Å². The molecular weight excluding hydrogens is 179 g/mol. The minimum Gasteiger partial charge on any atom is -0.118 e. The molecule has 0 fully saturated rings. The predicted molar refractivity (Wildman–Crippen MR) is 51.1 cm³/mol. The molecule has 0 heterocycles. The maximum Gasteiger partial charge on any atom is 0.0599 e. The number of halogens is 2. The van der Waals surface area contributed by atoms with Gasteiger partial charge in [-0.25, -0.2) is 0 Å². The van der Waals surface area contributed by atoms with Crippen molar-refractivity contribution in [2.75, 3.05) is 0 Å². The van der Waals surface area contributed by atoms with E-state index in [-0.39, 0.29) is 5.38 Å². The summed E-state index contributed by atoms with van der Waals surface area (Å²) in [5.41, 5.74) is 1.18. The summed E-state index contributed by atoms with van der Waals surface area (Å²) in [4.78, 5) is 0. The molecule has 1 aliphatic carbocycles. The van der Waals surface area contributed by atoms with Gasteiger partial charge in [0.25, 0.3) is 0 Å². The highest BCUT2D eigenvalue weighted by Gasteiger charge is 2.18. The maximum absolute atomic E-state index is 6.08. The number of hydrogen-bond donors (Lipinski definition) is 0. The molecule has 1 aliphatic rings. The van der Waals surface area contributed by atoms with Crippen molar-refractivity contribution in [3.8, 4) is 0 Å². The molecule has 0 saturated heterocycles. The van der Waals surface area contributed by atoms with Crippen LogP contribution in [0.5, 0.6) is 0 Å². The minimum absolute atomic E-state index is 0.104. The van der Waals surface area contributed by atoms with Gasteiger partial charge in [-0.05, 0) is 24.0 Å². The van der Waals surface area contributed by atoms with Crippen molar-refractivity contribution >= 4 is 23.2 Å². The monoisotopic (exact) mass is 190 g/mol. The van der Waals surface area contributed by atoms with Gasteiger partial charge < -0.3 is 0 Å². The first-order chi connectivity index (χ1) is 5.13. The van der Waals surface area contributed by atoms with Crippen molar-refractivity contribution in [2.45, 2.75) is 25.6 Å². The van der Waals surface area contributed by atoms with Crippen LogP contribution in [0.25, 0.3) is 0 Å². The molecule has 0 amide bonds. The lowest BCUT2D eigenvalue weighted by atomic mass is 9.94. The fourth-order valence-electron chi connectivity index (χ4n) is 1.30. The first-order valence-corrected chi connectivity index (χ1v) is 4.64. The molecule has 0 aromatic rings. The van der Waals surface area contributed by atoms with Crippen molar-refractivity contribution in [3.05, 3.63) is 22.8 Å². The molecule has 0 N–H and O–H groups in total. The summed E-state index contributed by atoms with van der Waals surface area (Å²) in [6.07, 6.45) is 4.87. The zero-order valence-electron chi connectivity index (χ0n) is 6.77. The fraction of sp³-hybridized carbons (Fsp3) is 0.556. The summed E-state index contributed by atoms with van der Waals surface area (Å²) in [6.45, 7) is 4.23. The van der Waals surface area contributed by atoms with Gasteiger partial charge in [-0.15, -0.1) is 11.6 Å². The first kappa shape index (κ1) is 9.15. The van der Waals surface area contributed by atoms with Crippen LogP contribution in [-0.4, -0.2) is 5.38 Å². The lowest BCUT2D eigenvalue weighted by Gasteiger charge is -2.20. The summed E-state index contributed by atoms with van der Waals surface area (Å²) in [6, 6.07) is 0. The van der Waals surface area contributed by atoms with Gasteiger partial charge in [0, 0.05) is 5.03 Å². The molecule has 0 bridgehead atoms. The van der Waals surface area contributed by atoms with Crippen LogP contribution < -0.4 is 0 Å². The summed E-state index contributed by atoms with van der Waals surface area (Å²) >= 11 is 12.1. The molecule has 1 unspecified atom stereocenters. The Morgan fingerprint density at radius 1 is 1.55 bits per heavy atom. The second kappa shape index (κ2) is 3.64. The number of rotatable bonds is 1. The van der Waals surface area contributed by atoms with Crippen LogP contribution in [0.1, 0.15) is 20.3 Å². The predicted octanol–water partition coefficient (Wildman–Crippen LogP) is 3.70. The Kier molecular flexibility index (Phi) is 3.03. The minimum atomic E-state index is 0.104. The van der Waals surface area contributed by atoms with Crippen molar-refractivity contribution in [3.63, 3.8) is 0 Å². The van der Waals surface area contributed by atoms with E-state index in [0.29, 0.717) is 5.92 Å². The van der Waals surface area contributed by atoms with E-state index in [9.17, 15) is 0 Å². The molecule has 0 saturated carbocycles. The van der Waals surface area contributed by atoms with Gasteiger partial charge in [0.15, 0.2) is 0 Å². The zero-order valence-corrected chi connectivity index (χ0v) is 8.28. The maximum atomic E-state index is 6.08. The van der Waals surface area contributed by atoms with Crippen LogP contribution in [-0.2, 0) is 0 Å². The van der Waals surface area contributed by atoms with E-state index in [4.69, 9.17) is 23.2 Å². The normalized spacial score (nSPS) is 25.0. The highest BCUT2D eigenvalue weighted by molar-refractivity contribution is 6.33. The van der Waals surface area contributed by atoms with Gasteiger partial charge >= 0.3 is 0 Å². The second-order valence-corrected chi connectivity index (χ2v) is 4.00. The lowest BCUT2D eigenvalue weighted by Crippen LogP contribution is -2.11. The molecule has 1 atom stereocenters. The molecular formula is C9H12Cl2. The lowest BCUT2D eigenvalue weighted by molar-refractivity contribution is 0.711. The van der Waals surface area contributed by atoms with Gasteiger partial charge in [-0.2, -0.15) is 0 Å². The van der Waals surface area contributed by atoms with E-state index in [1.165, 1.54) is 5.57 Å². The molecule has 0 spiro atoms. The van der Waals surface area contributed by atoms with Gasteiger partial charge in [0.1, 0.15) is 0 Å². The van der Waals surface area contributed by atoms with E-state index in [1.807, 2.05) is 12.2 Å². The molecule has 0 nitrogen and oxygen atoms in total. The Morgan fingerprint density at radius 3 is 2.55 bits per heavy atom.